The van der Waals surface area contributed by atoms with Gasteiger partial charge in [-0.05, 0) is 41.0 Å². The van der Waals surface area contributed by atoms with Crippen LogP contribution in [0.25, 0.3) is 11.1 Å². The predicted octanol–water partition coefficient (Wildman–Crippen LogP) is 4.45. The Labute approximate surface area is 190 Å². The van der Waals surface area contributed by atoms with Gasteiger partial charge in [-0.25, -0.2) is 9.38 Å². The first-order valence-corrected chi connectivity index (χ1v) is 9.83. The van der Waals surface area contributed by atoms with E-state index in [1.54, 1.807) is 30.5 Å². The smallest absolute Gasteiger partial charge is 0.387 e. The van der Waals surface area contributed by atoms with Crippen LogP contribution in [0.5, 0.6) is 5.75 Å². The molecule has 0 radical (unpaired) electrons. The number of benzene rings is 2. The Morgan fingerprint density at radius 2 is 1.94 bits per heavy atom. The largest absolute Gasteiger partial charge is 0.460 e. The van der Waals surface area contributed by atoms with E-state index >= 15 is 0 Å². The first-order chi connectivity index (χ1) is 15.9. The fourth-order valence-electron chi connectivity index (χ4n) is 3.48. The SMILES string of the molecule is O=CONC1=NC(c2cccc(-c3cncc(Cl)c3)c2)(c2ccc(OC(F)F)c(F)c2)CO1. The maximum Gasteiger partial charge on any atom is 0.387 e. The van der Waals surface area contributed by atoms with Gasteiger partial charge in [0.15, 0.2) is 17.1 Å². The van der Waals surface area contributed by atoms with Gasteiger partial charge >= 0.3 is 19.1 Å². The molecule has 1 aromatic heterocycles. The number of carbonyl (C=O) groups is 1. The lowest BCUT2D eigenvalue weighted by molar-refractivity contribution is -0.132. The van der Waals surface area contributed by atoms with Crippen molar-refractivity contribution in [2.75, 3.05) is 6.61 Å². The number of alkyl halides is 2. The number of nitrogens with one attached hydrogen (secondary N) is 1. The monoisotopic (exact) mass is 477 g/mol. The van der Waals surface area contributed by atoms with E-state index < -0.39 is 23.7 Å². The van der Waals surface area contributed by atoms with Crippen molar-refractivity contribution in [2.24, 2.45) is 4.99 Å². The van der Waals surface area contributed by atoms with Crippen LogP contribution in [0.4, 0.5) is 13.2 Å². The molecule has 1 N–H and O–H groups in total. The Bertz CT molecular complexity index is 1210. The number of aromatic nitrogens is 1. The van der Waals surface area contributed by atoms with Crippen molar-refractivity contribution in [3.63, 3.8) is 0 Å². The molecule has 2 aromatic carbocycles. The van der Waals surface area contributed by atoms with E-state index in [9.17, 15) is 18.0 Å². The van der Waals surface area contributed by atoms with Crippen LogP contribution in [-0.4, -0.2) is 30.7 Å². The molecule has 1 atom stereocenters. The van der Waals surface area contributed by atoms with Crippen LogP contribution in [0.3, 0.4) is 0 Å². The molecular weight excluding hydrogens is 463 g/mol. The Morgan fingerprint density at radius 3 is 2.67 bits per heavy atom. The second kappa shape index (κ2) is 9.37. The van der Waals surface area contributed by atoms with Gasteiger partial charge < -0.3 is 14.3 Å². The molecule has 1 aliphatic heterocycles. The molecule has 0 bridgehead atoms. The molecule has 0 fully saturated rings. The summed E-state index contributed by atoms with van der Waals surface area (Å²) in [6, 6.07) is 12.3. The lowest BCUT2D eigenvalue weighted by Gasteiger charge is -2.26. The fourth-order valence-corrected chi connectivity index (χ4v) is 3.65. The topological polar surface area (TPSA) is 82.0 Å². The molecule has 1 aliphatic rings. The first-order valence-electron chi connectivity index (χ1n) is 9.45. The molecule has 0 aliphatic carbocycles. The van der Waals surface area contributed by atoms with Crippen molar-refractivity contribution >= 4 is 24.1 Å². The highest BCUT2D eigenvalue weighted by atomic mass is 35.5. The van der Waals surface area contributed by atoms with Crippen LogP contribution in [-0.2, 0) is 19.9 Å². The van der Waals surface area contributed by atoms with Gasteiger partial charge in [-0.3, -0.25) is 9.78 Å². The van der Waals surface area contributed by atoms with E-state index in [0.717, 1.165) is 23.3 Å². The molecule has 0 saturated carbocycles. The number of pyridine rings is 1. The van der Waals surface area contributed by atoms with Crippen LogP contribution >= 0.6 is 11.6 Å². The molecular formula is C22H15ClF3N3O4. The number of amidine groups is 1. The number of rotatable bonds is 7. The van der Waals surface area contributed by atoms with Gasteiger partial charge in [-0.2, -0.15) is 14.3 Å². The number of halogens is 4. The van der Waals surface area contributed by atoms with Gasteiger partial charge in [0.25, 0.3) is 0 Å². The summed E-state index contributed by atoms with van der Waals surface area (Å²) < 4.78 is 49.4. The van der Waals surface area contributed by atoms with Crippen LogP contribution < -0.4 is 10.2 Å². The summed E-state index contributed by atoms with van der Waals surface area (Å²) in [5, 5.41) is 0.448. The summed E-state index contributed by atoms with van der Waals surface area (Å²) >= 11 is 6.06. The molecule has 7 nitrogen and oxygen atoms in total. The Morgan fingerprint density at radius 1 is 1.12 bits per heavy atom. The Hall–Kier alpha value is -3.79. The maximum absolute atomic E-state index is 14.6. The van der Waals surface area contributed by atoms with Crippen molar-refractivity contribution in [3.05, 3.63) is 82.9 Å². The summed E-state index contributed by atoms with van der Waals surface area (Å²) in [6.45, 7) is -3.12. The minimum absolute atomic E-state index is 0.0940. The Kier molecular flexibility index (Phi) is 6.36. The van der Waals surface area contributed by atoms with Gasteiger partial charge in [0, 0.05) is 18.0 Å². The van der Waals surface area contributed by atoms with E-state index in [1.807, 2.05) is 6.07 Å². The summed E-state index contributed by atoms with van der Waals surface area (Å²) in [4.78, 5) is 23.6. The number of hydroxylamine groups is 1. The summed E-state index contributed by atoms with van der Waals surface area (Å²) in [5.41, 5.74) is 3.32. The third-order valence-corrected chi connectivity index (χ3v) is 5.12. The highest BCUT2D eigenvalue weighted by Gasteiger charge is 2.41. The zero-order valence-electron chi connectivity index (χ0n) is 16.7. The van der Waals surface area contributed by atoms with Crippen molar-refractivity contribution in [2.45, 2.75) is 12.2 Å². The average Bonchev–Trinajstić information content (AvgIpc) is 3.24. The second-order valence-electron chi connectivity index (χ2n) is 6.88. The van der Waals surface area contributed by atoms with Gasteiger partial charge in [-0.15, -0.1) is 0 Å². The molecule has 0 saturated heterocycles. The standard InChI is InChI=1S/C22H15ClF3N3O4/c23-17-7-14(9-27-10-17)13-2-1-3-15(6-13)22(11-31-21(28-22)29-32-12-30)16-4-5-19(18(24)8-16)33-20(25)26/h1-10,12,20H,11H2,(H,28,29). The van der Waals surface area contributed by atoms with Gasteiger partial charge in [-0.1, -0.05) is 35.9 Å². The third kappa shape index (κ3) is 4.70. The summed E-state index contributed by atoms with van der Waals surface area (Å²) in [6.07, 6.45) is 3.13. The minimum atomic E-state index is -3.17. The highest BCUT2D eigenvalue weighted by molar-refractivity contribution is 6.30. The number of carbonyl (C=O) groups excluding carboxylic acids is 1. The molecule has 4 rings (SSSR count). The van der Waals surface area contributed by atoms with E-state index in [4.69, 9.17) is 16.3 Å². The van der Waals surface area contributed by atoms with Crippen molar-refractivity contribution in [1.82, 2.24) is 10.5 Å². The molecule has 0 spiro atoms. The zero-order chi connectivity index (χ0) is 23.4. The molecule has 170 valence electrons. The molecule has 33 heavy (non-hydrogen) atoms. The van der Waals surface area contributed by atoms with E-state index in [2.05, 4.69) is 25.0 Å². The van der Waals surface area contributed by atoms with Gasteiger partial charge in [0.05, 0.1) is 5.02 Å². The molecule has 1 unspecified atom stereocenters. The molecule has 11 heteroatoms. The maximum atomic E-state index is 14.6. The van der Waals surface area contributed by atoms with Crippen molar-refractivity contribution in [3.8, 4) is 16.9 Å². The normalized spacial score (nSPS) is 17.3. The molecule has 2 heterocycles. The van der Waals surface area contributed by atoms with Crippen LogP contribution in [0.2, 0.25) is 5.02 Å². The summed E-state index contributed by atoms with van der Waals surface area (Å²) in [5.74, 6) is -1.60. The highest BCUT2D eigenvalue weighted by Crippen LogP contribution is 2.40. The quantitative estimate of drug-likeness (QED) is 0.400. The van der Waals surface area contributed by atoms with Crippen LogP contribution in [0.1, 0.15) is 11.1 Å². The van der Waals surface area contributed by atoms with Crippen LogP contribution in [0, 0.1) is 5.82 Å². The second-order valence-corrected chi connectivity index (χ2v) is 7.31. The van der Waals surface area contributed by atoms with E-state index in [-0.39, 0.29) is 19.1 Å². The lowest BCUT2D eigenvalue weighted by atomic mass is 9.83. The summed E-state index contributed by atoms with van der Waals surface area (Å²) in [7, 11) is 0. The number of hydrogen-bond donors (Lipinski definition) is 1. The van der Waals surface area contributed by atoms with Crippen molar-refractivity contribution in [1.29, 1.82) is 0 Å². The average molecular weight is 478 g/mol. The fraction of sp³-hybridized carbons (Fsp3) is 0.136. The molecule has 0 amide bonds. The third-order valence-electron chi connectivity index (χ3n) is 4.91. The number of ether oxygens (including phenoxy) is 2. The lowest BCUT2D eigenvalue weighted by Crippen LogP contribution is -2.27. The minimum Gasteiger partial charge on any atom is -0.460 e. The van der Waals surface area contributed by atoms with Crippen molar-refractivity contribution < 1.29 is 32.3 Å². The molecule has 3 aromatic rings. The number of nitrogens with zero attached hydrogens (tertiary/aromatic N) is 2. The van der Waals surface area contributed by atoms with Crippen LogP contribution in [0.15, 0.2) is 65.9 Å². The predicted molar refractivity (Wildman–Crippen MR) is 112 cm³/mol. The van der Waals surface area contributed by atoms with E-state index in [1.165, 1.54) is 12.3 Å². The number of hydrogen-bond acceptors (Lipinski definition) is 7. The zero-order valence-corrected chi connectivity index (χ0v) is 17.4. The number of aliphatic imine (C=N–C) groups is 1. The van der Waals surface area contributed by atoms with Gasteiger partial charge in [0.2, 0.25) is 0 Å². The first kappa shape index (κ1) is 22.4. The van der Waals surface area contributed by atoms with Gasteiger partial charge in [0.1, 0.15) is 6.61 Å². The van der Waals surface area contributed by atoms with E-state index in [0.29, 0.717) is 16.1 Å². The Balaban J connectivity index is 1.82.